The molecule has 0 aromatic carbocycles. The molecule has 0 aliphatic carbocycles. The number of rotatable bonds is 4. The first-order valence-electron chi connectivity index (χ1n) is 7.64. The maximum atomic E-state index is 10.4. The van der Waals surface area contributed by atoms with E-state index in [4.69, 9.17) is 10.5 Å². The number of anilines is 1. The molecule has 1 aliphatic rings. The summed E-state index contributed by atoms with van der Waals surface area (Å²) in [6, 6.07) is 1.61. The number of nitrogens with two attached hydrogens (primary N) is 1. The molecule has 2 aromatic heterocycles. The molecule has 132 valence electrons. The molecule has 2 aromatic rings. The summed E-state index contributed by atoms with van der Waals surface area (Å²) in [5.74, 6) is -2.45. The Morgan fingerprint density at radius 1 is 1.42 bits per heavy atom. The van der Waals surface area contributed by atoms with Crippen LogP contribution in [-0.4, -0.2) is 73.6 Å². The lowest BCUT2D eigenvalue weighted by molar-refractivity contribution is -0.247. The second-order valence-corrected chi connectivity index (χ2v) is 11.2. The Morgan fingerprint density at radius 2 is 2.12 bits per heavy atom. The molecule has 24 heavy (non-hydrogen) atoms. The van der Waals surface area contributed by atoms with Crippen LogP contribution < -0.4 is 5.73 Å². The van der Waals surface area contributed by atoms with E-state index in [9.17, 15) is 15.3 Å². The highest BCUT2D eigenvalue weighted by Gasteiger charge is 2.55. The van der Waals surface area contributed by atoms with E-state index >= 15 is 0 Å². The van der Waals surface area contributed by atoms with Crippen LogP contribution in [0.25, 0.3) is 11.2 Å². The summed E-state index contributed by atoms with van der Waals surface area (Å²) in [6.07, 6.45) is 4.91. The van der Waals surface area contributed by atoms with Crippen LogP contribution in [0.2, 0.25) is 0 Å². The quantitative estimate of drug-likeness (QED) is 0.451. The first-order valence-corrected chi connectivity index (χ1v) is 10.7. The number of hydrogen-bond acceptors (Lipinski definition) is 7. The van der Waals surface area contributed by atoms with Crippen LogP contribution in [0.15, 0.2) is 18.6 Å². The van der Waals surface area contributed by atoms with E-state index in [-0.39, 0.29) is 0 Å². The third-order valence-electron chi connectivity index (χ3n) is 4.22. The van der Waals surface area contributed by atoms with Gasteiger partial charge in [0.25, 0.3) is 0 Å². The maximum absolute atomic E-state index is 10.4. The van der Waals surface area contributed by atoms with E-state index in [0.29, 0.717) is 23.3 Å². The number of pyridine rings is 1. The van der Waals surface area contributed by atoms with Crippen molar-refractivity contribution < 1.29 is 20.1 Å². The van der Waals surface area contributed by atoms with Gasteiger partial charge in [-0.25, -0.2) is 9.97 Å². The minimum atomic E-state index is -2.45. The van der Waals surface area contributed by atoms with Crippen LogP contribution in [-0.2, 0) is 4.74 Å². The standard InChI is InChI=1S/C15H23N4O4P/c1-24(2,3)7-5-10-12(20)15(21,22)14(23-10)19-8-18-11-9(16)4-6-17-13(11)19/h4,6,8,10,12,14,20-22H,1,5,7H2,2-3H3,(H2,16,17)/t10-,12-,14-/m1/s1. The molecule has 3 atom stereocenters. The van der Waals surface area contributed by atoms with Crippen molar-refractivity contribution in [1.82, 2.24) is 14.5 Å². The van der Waals surface area contributed by atoms with Gasteiger partial charge >= 0.3 is 0 Å². The summed E-state index contributed by atoms with van der Waals surface area (Å²) in [4.78, 5) is 8.33. The van der Waals surface area contributed by atoms with E-state index < -0.39 is 31.1 Å². The van der Waals surface area contributed by atoms with Crippen molar-refractivity contribution in [1.29, 1.82) is 0 Å². The molecule has 0 bridgehead atoms. The van der Waals surface area contributed by atoms with Crippen molar-refractivity contribution in [3.05, 3.63) is 18.6 Å². The Kier molecular flexibility index (Phi) is 4.22. The summed E-state index contributed by atoms with van der Waals surface area (Å²) in [7, 11) is 0. The average Bonchev–Trinajstić information content (AvgIpc) is 2.99. The Morgan fingerprint density at radius 3 is 2.79 bits per heavy atom. The molecule has 0 unspecified atom stereocenters. The Bertz CT molecular complexity index is 800. The lowest BCUT2D eigenvalue weighted by Gasteiger charge is -2.25. The predicted molar refractivity (Wildman–Crippen MR) is 94.4 cm³/mol. The molecule has 3 heterocycles. The van der Waals surface area contributed by atoms with Crippen LogP contribution in [0.5, 0.6) is 0 Å². The zero-order chi connectivity index (χ0) is 17.7. The largest absolute Gasteiger partial charge is 0.397 e. The van der Waals surface area contributed by atoms with Gasteiger partial charge in [-0.15, -0.1) is 13.2 Å². The molecule has 1 saturated heterocycles. The monoisotopic (exact) mass is 354 g/mol. The highest BCUT2D eigenvalue weighted by atomic mass is 31.2. The average molecular weight is 354 g/mol. The van der Waals surface area contributed by atoms with Gasteiger partial charge in [0, 0.05) is 6.20 Å². The number of nitrogens with zero attached hydrogens (tertiary/aromatic N) is 3. The van der Waals surface area contributed by atoms with Crippen molar-refractivity contribution in [3.63, 3.8) is 0 Å². The van der Waals surface area contributed by atoms with E-state index in [0.717, 1.165) is 6.16 Å². The molecular formula is C15H23N4O4P. The third-order valence-corrected chi connectivity index (χ3v) is 5.69. The lowest BCUT2D eigenvalue weighted by Crippen LogP contribution is -2.46. The number of aliphatic hydroxyl groups is 3. The third kappa shape index (κ3) is 2.96. The molecule has 0 amide bonds. The highest BCUT2D eigenvalue weighted by Crippen LogP contribution is 2.42. The minimum absolute atomic E-state index is 0.366. The Hall–Kier alpha value is -1.44. The molecule has 0 spiro atoms. The first kappa shape index (κ1) is 17.4. The molecule has 0 saturated carbocycles. The van der Waals surface area contributed by atoms with Crippen molar-refractivity contribution in [2.24, 2.45) is 0 Å². The van der Waals surface area contributed by atoms with Crippen molar-refractivity contribution in [3.8, 4) is 0 Å². The molecule has 0 radical (unpaired) electrons. The van der Waals surface area contributed by atoms with Gasteiger partial charge in [0.2, 0.25) is 5.79 Å². The van der Waals surface area contributed by atoms with Gasteiger partial charge in [0.05, 0.1) is 18.1 Å². The first-order chi connectivity index (χ1) is 11.1. The van der Waals surface area contributed by atoms with Gasteiger partial charge in [0.15, 0.2) is 11.9 Å². The van der Waals surface area contributed by atoms with Crippen molar-refractivity contribution >= 4 is 30.0 Å². The van der Waals surface area contributed by atoms with Gasteiger partial charge in [-0.05, 0) is 32.0 Å². The maximum Gasteiger partial charge on any atom is 0.239 e. The number of ether oxygens (including phenoxy) is 1. The van der Waals surface area contributed by atoms with Crippen LogP contribution in [0, 0.1) is 0 Å². The number of imidazole rings is 1. The second kappa shape index (κ2) is 5.82. The lowest BCUT2D eigenvalue weighted by atomic mass is 10.1. The summed E-state index contributed by atoms with van der Waals surface area (Å²) in [6.45, 7) is 2.84. The van der Waals surface area contributed by atoms with Crippen LogP contribution in [0.3, 0.4) is 0 Å². The van der Waals surface area contributed by atoms with Crippen LogP contribution in [0.1, 0.15) is 12.6 Å². The van der Waals surface area contributed by atoms with E-state index in [1.54, 1.807) is 6.07 Å². The number of aromatic nitrogens is 3. The van der Waals surface area contributed by atoms with E-state index in [2.05, 4.69) is 29.6 Å². The van der Waals surface area contributed by atoms with Gasteiger partial charge in [-0.1, -0.05) is 0 Å². The molecule has 5 N–H and O–H groups in total. The fraction of sp³-hybridized carbons (Fsp3) is 0.533. The van der Waals surface area contributed by atoms with Gasteiger partial charge in [-0.3, -0.25) is 4.57 Å². The van der Waals surface area contributed by atoms with E-state index in [1.807, 2.05) is 0 Å². The van der Waals surface area contributed by atoms with Gasteiger partial charge in [-0.2, -0.15) is 0 Å². The van der Waals surface area contributed by atoms with Crippen LogP contribution in [0.4, 0.5) is 5.69 Å². The molecule has 9 heteroatoms. The number of aliphatic hydroxyl groups excluding tert-OH is 1. The molecule has 3 rings (SSSR count). The predicted octanol–water partition coefficient (Wildman–Crippen LogP) is 0.0520. The van der Waals surface area contributed by atoms with E-state index in [1.165, 1.54) is 17.1 Å². The zero-order valence-corrected chi connectivity index (χ0v) is 14.6. The Balaban J connectivity index is 1.92. The van der Waals surface area contributed by atoms with Gasteiger partial charge < -0.3 is 25.8 Å². The summed E-state index contributed by atoms with van der Waals surface area (Å²) in [5, 5.41) is 31.1. The number of fused-ring (bicyclic) bond motifs is 1. The smallest absolute Gasteiger partial charge is 0.239 e. The second-order valence-electron chi connectivity index (χ2n) is 6.93. The van der Waals surface area contributed by atoms with Crippen molar-refractivity contribution in [2.75, 3.05) is 25.2 Å². The number of nitrogen functional groups attached to an aromatic ring is 1. The summed E-state index contributed by atoms with van der Waals surface area (Å²) >= 11 is 0. The summed E-state index contributed by atoms with van der Waals surface area (Å²) < 4.78 is 7.15. The molecular weight excluding hydrogens is 331 g/mol. The van der Waals surface area contributed by atoms with Crippen molar-refractivity contribution in [2.45, 2.75) is 30.6 Å². The SMILES string of the molecule is C=P(C)(C)CC[C@H]1O[C@@H](n2cnc3c(N)ccnc32)C(O)(O)[C@@H]1O. The fourth-order valence-electron chi connectivity index (χ4n) is 2.86. The van der Waals surface area contributed by atoms with Gasteiger partial charge in [0.1, 0.15) is 11.6 Å². The Labute approximate surface area is 139 Å². The molecule has 1 aliphatic heterocycles. The molecule has 8 nitrogen and oxygen atoms in total. The molecule has 1 fully saturated rings. The topological polar surface area (TPSA) is 127 Å². The normalized spacial score (nSPS) is 27.0. The minimum Gasteiger partial charge on any atom is -0.397 e. The number of hydrogen-bond donors (Lipinski definition) is 4. The van der Waals surface area contributed by atoms with Crippen LogP contribution >= 0.6 is 6.89 Å². The summed E-state index contributed by atoms with van der Waals surface area (Å²) in [5.41, 5.74) is 7.09. The fourth-order valence-corrected chi connectivity index (χ4v) is 3.81. The zero-order valence-electron chi connectivity index (χ0n) is 13.7. The highest BCUT2D eigenvalue weighted by molar-refractivity contribution is 7.72.